The van der Waals surface area contributed by atoms with Crippen LogP contribution in [0.5, 0.6) is 0 Å². The van der Waals surface area contributed by atoms with Gasteiger partial charge in [-0.15, -0.1) is 11.8 Å². The van der Waals surface area contributed by atoms with Crippen LogP contribution in [0.1, 0.15) is 5.56 Å². The van der Waals surface area contributed by atoms with Crippen molar-refractivity contribution < 1.29 is 9.21 Å². The number of halogens is 2. The quantitative estimate of drug-likeness (QED) is 0.372. The molecule has 0 radical (unpaired) electrons. The minimum Gasteiger partial charge on any atom is -0.403 e. The van der Waals surface area contributed by atoms with Gasteiger partial charge in [-0.3, -0.25) is 4.79 Å². The summed E-state index contributed by atoms with van der Waals surface area (Å²) in [4.78, 5) is 29.0. The molecule has 0 fully saturated rings. The van der Waals surface area contributed by atoms with E-state index in [4.69, 9.17) is 27.6 Å². The summed E-state index contributed by atoms with van der Waals surface area (Å²) in [5.41, 5.74) is 2.08. The number of carbonyl (C=O) groups is 1. The van der Waals surface area contributed by atoms with Crippen LogP contribution in [0, 0.1) is 0 Å². The number of hydrogen-bond acceptors (Lipinski definition) is 5. The van der Waals surface area contributed by atoms with E-state index in [0.717, 1.165) is 5.56 Å². The number of benzene rings is 3. The summed E-state index contributed by atoms with van der Waals surface area (Å²) in [5, 5.41) is 4.43. The van der Waals surface area contributed by atoms with Crippen molar-refractivity contribution >= 4 is 57.5 Å². The lowest BCUT2D eigenvalue weighted by atomic mass is 10.2. The van der Waals surface area contributed by atoms with E-state index in [2.05, 4.69) is 10.3 Å². The van der Waals surface area contributed by atoms with Crippen molar-refractivity contribution in [1.82, 2.24) is 4.98 Å². The highest BCUT2D eigenvalue weighted by atomic mass is 35.5. The Morgan fingerprint density at radius 3 is 2.55 bits per heavy atom. The topological polar surface area (TPSA) is 72.2 Å². The number of fused-ring (bicyclic) bond motifs is 1. The molecule has 0 unspecified atom stereocenters. The molecular formula is C23H16Cl2N2O3S. The Morgan fingerprint density at radius 1 is 1.00 bits per heavy atom. The molecule has 4 aromatic rings. The van der Waals surface area contributed by atoms with Crippen LogP contribution in [0.25, 0.3) is 22.4 Å². The van der Waals surface area contributed by atoms with Crippen LogP contribution in [0.4, 0.5) is 5.69 Å². The second-order valence-electron chi connectivity index (χ2n) is 6.65. The van der Waals surface area contributed by atoms with Gasteiger partial charge in [-0.25, -0.2) is 9.78 Å². The maximum Gasteiger partial charge on any atom is 0.347 e. The van der Waals surface area contributed by atoms with Gasteiger partial charge >= 0.3 is 5.63 Å². The summed E-state index contributed by atoms with van der Waals surface area (Å²) in [7, 11) is 0. The van der Waals surface area contributed by atoms with E-state index in [0.29, 0.717) is 38.0 Å². The molecule has 0 aliphatic heterocycles. The lowest BCUT2D eigenvalue weighted by Crippen LogP contribution is -2.14. The third-order valence-electron chi connectivity index (χ3n) is 4.47. The van der Waals surface area contributed by atoms with Crippen molar-refractivity contribution in [2.75, 3.05) is 11.1 Å². The second-order valence-corrected chi connectivity index (χ2v) is 8.45. The summed E-state index contributed by atoms with van der Waals surface area (Å²) in [6.07, 6.45) is 0. The zero-order valence-corrected chi connectivity index (χ0v) is 18.4. The highest BCUT2D eigenvalue weighted by molar-refractivity contribution is 7.99. The predicted octanol–water partition coefficient (Wildman–Crippen LogP) is 6.03. The summed E-state index contributed by atoms with van der Waals surface area (Å²) < 4.78 is 5.36. The second kappa shape index (κ2) is 9.56. The Bertz CT molecular complexity index is 1300. The fourth-order valence-electron chi connectivity index (χ4n) is 2.99. The summed E-state index contributed by atoms with van der Waals surface area (Å²) >= 11 is 13.7. The monoisotopic (exact) mass is 470 g/mol. The number of anilines is 1. The Kier molecular flexibility index (Phi) is 6.61. The first-order valence-corrected chi connectivity index (χ1v) is 11.2. The van der Waals surface area contributed by atoms with Crippen LogP contribution in [0.3, 0.4) is 0 Å². The Balaban J connectivity index is 1.44. The van der Waals surface area contributed by atoms with E-state index < -0.39 is 5.63 Å². The van der Waals surface area contributed by atoms with E-state index in [1.165, 1.54) is 11.8 Å². The summed E-state index contributed by atoms with van der Waals surface area (Å²) in [6.45, 7) is 0. The number of thioether (sulfide) groups is 1. The fourth-order valence-corrected chi connectivity index (χ4v) is 4.55. The van der Waals surface area contributed by atoms with Crippen LogP contribution < -0.4 is 10.9 Å². The lowest BCUT2D eigenvalue weighted by molar-refractivity contribution is -0.113. The van der Waals surface area contributed by atoms with Crippen LogP contribution in [0.15, 0.2) is 75.9 Å². The molecule has 0 saturated carbocycles. The average Bonchev–Trinajstić information content (AvgIpc) is 2.76. The molecule has 0 spiro atoms. The van der Waals surface area contributed by atoms with E-state index in [-0.39, 0.29) is 17.6 Å². The standard InChI is InChI=1S/C23H16Cl2N2O3S/c24-18-8-4-9-19(25)17(18)12-31-13-21(28)26-15-6-3-5-14(11-15)22-27-20-10-2-1-7-16(20)23(29)30-22/h1-11H,12-13H2,(H,26,28). The molecule has 31 heavy (non-hydrogen) atoms. The average molecular weight is 471 g/mol. The Hall–Kier alpha value is -2.80. The van der Waals surface area contributed by atoms with Crippen LogP contribution >= 0.6 is 35.0 Å². The Labute approximate surface area is 192 Å². The minimum atomic E-state index is -0.454. The number of para-hydroxylation sites is 1. The molecular weight excluding hydrogens is 455 g/mol. The Morgan fingerprint density at radius 2 is 1.74 bits per heavy atom. The van der Waals surface area contributed by atoms with Crippen LogP contribution in [0.2, 0.25) is 10.0 Å². The summed E-state index contributed by atoms with van der Waals surface area (Å²) in [6, 6.07) is 19.3. The maximum absolute atomic E-state index is 12.4. The van der Waals surface area contributed by atoms with E-state index in [1.54, 1.807) is 60.7 Å². The van der Waals surface area contributed by atoms with Crippen molar-refractivity contribution in [3.05, 3.63) is 92.8 Å². The number of nitrogens with one attached hydrogen (secondary N) is 1. The van der Waals surface area contributed by atoms with Crippen molar-refractivity contribution in [1.29, 1.82) is 0 Å². The fraction of sp³-hybridized carbons (Fsp3) is 0.0870. The zero-order chi connectivity index (χ0) is 21.8. The predicted molar refractivity (Wildman–Crippen MR) is 127 cm³/mol. The van der Waals surface area contributed by atoms with Gasteiger partial charge in [-0.1, -0.05) is 47.5 Å². The van der Waals surface area contributed by atoms with Gasteiger partial charge in [0.2, 0.25) is 11.8 Å². The largest absolute Gasteiger partial charge is 0.403 e. The zero-order valence-electron chi connectivity index (χ0n) is 16.1. The molecule has 0 saturated heterocycles. The number of rotatable bonds is 6. The number of amides is 1. The van der Waals surface area contributed by atoms with Crippen LogP contribution in [-0.4, -0.2) is 16.6 Å². The highest BCUT2D eigenvalue weighted by Gasteiger charge is 2.11. The van der Waals surface area contributed by atoms with Crippen molar-refractivity contribution in [3.8, 4) is 11.5 Å². The number of aromatic nitrogens is 1. The molecule has 4 rings (SSSR count). The molecule has 8 heteroatoms. The molecule has 0 bridgehead atoms. The van der Waals surface area contributed by atoms with Gasteiger partial charge in [0.25, 0.3) is 0 Å². The first-order valence-electron chi connectivity index (χ1n) is 9.32. The molecule has 0 aliphatic rings. The van der Waals surface area contributed by atoms with Crippen LogP contribution in [-0.2, 0) is 10.5 Å². The van der Waals surface area contributed by atoms with Crippen molar-refractivity contribution in [2.24, 2.45) is 0 Å². The van der Waals surface area contributed by atoms with Crippen molar-refractivity contribution in [2.45, 2.75) is 5.75 Å². The third kappa shape index (κ3) is 5.10. The molecule has 5 nitrogen and oxygen atoms in total. The van der Waals surface area contributed by atoms with Gasteiger partial charge in [-0.2, -0.15) is 0 Å². The molecule has 1 heterocycles. The molecule has 156 valence electrons. The van der Waals surface area contributed by atoms with E-state index in [1.807, 2.05) is 6.07 Å². The SMILES string of the molecule is O=C(CSCc1c(Cl)cccc1Cl)Nc1cccc(-c2nc3ccccc3c(=O)o2)c1. The van der Waals surface area contributed by atoms with Gasteiger partial charge in [0.05, 0.1) is 16.7 Å². The van der Waals surface area contributed by atoms with E-state index in [9.17, 15) is 9.59 Å². The molecule has 1 N–H and O–H groups in total. The van der Waals surface area contributed by atoms with Gasteiger partial charge in [-0.05, 0) is 48.0 Å². The van der Waals surface area contributed by atoms with Gasteiger partial charge in [0.1, 0.15) is 0 Å². The molecule has 1 aromatic heterocycles. The molecule has 3 aromatic carbocycles. The number of hydrogen-bond donors (Lipinski definition) is 1. The molecule has 1 amide bonds. The third-order valence-corrected chi connectivity index (χ3v) is 6.14. The number of nitrogens with zero attached hydrogens (tertiary/aromatic N) is 1. The first kappa shape index (κ1) is 21.4. The lowest BCUT2D eigenvalue weighted by Gasteiger charge is -2.08. The molecule has 0 aliphatic carbocycles. The summed E-state index contributed by atoms with van der Waals surface area (Å²) in [5.74, 6) is 0.786. The molecule has 0 atom stereocenters. The highest BCUT2D eigenvalue weighted by Crippen LogP contribution is 2.28. The van der Waals surface area contributed by atoms with Gasteiger partial charge < -0.3 is 9.73 Å². The van der Waals surface area contributed by atoms with Gasteiger partial charge in [0, 0.05) is 27.0 Å². The normalized spacial score (nSPS) is 10.9. The van der Waals surface area contributed by atoms with Crippen molar-refractivity contribution in [3.63, 3.8) is 0 Å². The van der Waals surface area contributed by atoms with Gasteiger partial charge in [0.15, 0.2) is 0 Å². The smallest absolute Gasteiger partial charge is 0.347 e. The van der Waals surface area contributed by atoms with E-state index >= 15 is 0 Å². The maximum atomic E-state index is 12.4. The number of carbonyl (C=O) groups excluding carboxylic acids is 1. The minimum absolute atomic E-state index is 0.168. The first-order chi connectivity index (χ1) is 15.0.